The number of benzene rings is 1. The van der Waals surface area contributed by atoms with Crippen molar-refractivity contribution in [3.05, 3.63) is 66.3 Å². The Hall–Kier alpha value is -4.24. The third-order valence-electron chi connectivity index (χ3n) is 8.77. The van der Waals surface area contributed by atoms with Crippen molar-refractivity contribution in [2.24, 2.45) is 0 Å². The van der Waals surface area contributed by atoms with E-state index >= 15 is 4.39 Å². The molecule has 10 nitrogen and oxygen atoms in total. The van der Waals surface area contributed by atoms with E-state index in [1.165, 1.54) is 6.08 Å². The van der Waals surface area contributed by atoms with E-state index in [0.717, 1.165) is 51.6 Å². The fourth-order valence-electron chi connectivity index (χ4n) is 6.07. The predicted octanol–water partition coefficient (Wildman–Crippen LogP) is 8.21. The molecular formula is C39H52F4N6O4Si. The highest BCUT2D eigenvalue weighted by Gasteiger charge is 2.35. The van der Waals surface area contributed by atoms with Gasteiger partial charge in [-0.15, -0.1) is 0 Å². The molecule has 294 valence electrons. The number of alkyl carbamates (subject to hydrolysis) is 1. The molecule has 0 spiro atoms. The molecule has 0 bridgehead atoms. The minimum atomic E-state index is -4.71. The molecule has 2 atom stereocenters. The van der Waals surface area contributed by atoms with Crippen LogP contribution < -0.4 is 10.6 Å². The lowest BCUT2D eigenvalue weighted by Gasteiger charge is -2.23. The molecule has 15 heteroatoms. The number of esters is 1. The number of halogens is 4. The summed E-state index contributed by atoms with van der Waals surface area (Å²) in [6.45, 7) is 13.0. The fourth-order valence-corrected chi connectivity index (χ4v) is 7.35. The number of hydrogen-bond donors (Lipinski definition) is 2. The summed E-state index contributed by atoms with van der Waals surface area (Å²) in [7, 11) is 0.0614. The van der Waals surface area contributed by atoms with Crippen LogP contribution in [-0.4, -0.2) is 97.3 Å². The first-order chi connectivity index (χ1) is 25.6. The Morgan fingerprint density at radius 3 is 2.48 bits per heavy atom. The van der Waals surface area contributed by atoms with E-state index in [-0.39, 0.29) is 32.8 Å². The van der Waals surface area contributed by atoms with Crippen LogP contribution in [0.1, 0.15) is 94.5 Å². The summed E-state index contributed by atoms with van der Waals surface area (Å²) in [6.07, 6.45) is 7.12. The topological polar surface area (TPSA) is 111 Å². The lowest BCUT2D eigenvalue weighted by atomic mass is 10.0. The molecule has 3 heterocycles. The van der Waals surface area contributed by atoms with Gasteiger partial charge in [0.2, 0.25) is 0 Å². The number of carbonyl (C=O) groups excluding carboxylic acids is 2. The average molecular weight is 773 g/mol. The molecule has 2 aromatic heterocycles. The number of anilines is 1. The highest BCUT2D eigenvalue weighted by atomic mass is 28.2. The summed E-state index contributed by atoms with van der Waals surface area (Å²) in [5.41, 5.74) is -0.987. The molecule has 0 aliphatic carbocycles. The number of nitrogens with zero attached hydrogens (tertiary/aromatic N) is 4. The van der Waals surface area contributed by atoms with E-state index in [1.807, 2.05) is 0 Å². The minimum absolute atomic E-state index is 0.0614. The van der Waals surface area contributed by atoms with Gasteiger partial charge in [0.15, 0.2) is 5.69 Å². The number of ether oxygens (including phenoxy) is 2. The second-order valence-corrected chi connectivity index (χ2v) is 15.6. The van der Waals surface area contributed by atoms with Gasteiger partial charge in [-0.1, -0.05) is 50.5 Å². The van der Waals surface area contributed by atoms with Crippen molar-refractivity contribution in [1.29, 1.82) is 0 Å². The van der Waals surface area contributed by atoms with Gasteiger partial charge in [-0.2, -0.15) is 18.3 Å². The van der Waals surface area contributed by atoms with Crippen LogP contribution in [0.2, 0.25) is 0 Å². The Morgan fingerprint density at radius 1 is 1.06 bits per heavy atom. The maximum atomic E-state index is 15.6. The van der Waals surface area contributed by atoms with E-state index in [0.29, 0.717) is 42.5 Å². The second-order valence-electron chi connectivity index (χ2n) is 14.3. The first-order valence-corrected chi connectivity index (χ1v) is 19.8. The smallest absolute Gasteiger partial charge is 0.417 e. The highest BCUT2D eigenvalue weighted by molar-refractivity contribution is 6.37. The molecule has 1 aliphatic heterocycles. The molecule has 3 aromatic rings. The van der Waals surface area contributed by atoms with Crippen LogP contribution in [0.4, 0.5) is 28.0 Å². The van der Waals surface area contributed by atoms with Gasteiger partial charge >= 0.3 is 18.2 Å². The van der Waals surface area contributed by atoms with Crippen LogP contribution in [-0.2, 0) is 16.0 Å². The predicted molar refractivity (Wildman–Crippen MR) is 205 cm³/mol. The van der Waals surface area contributed by atoms with Crippen molar-refractivity contribution in [2.75, 3.05) is 37.7 Å². The number of aryl methyl sites for hydroxylation is 1. The molecule has 1 saturated heterocycles. The number of fused-ring (bicyclic) bond motifs is 1. The van der Waals surface area contributed by atoms with Crippen molar-refractivity contribution in [3.63, 3.8) is 0 Å². The molecule has 54 heavy (non-hydrogen) atoms. The van der Waals surface area contributed by atoms with Crippen LogP contribution in [0.25, 0.3) is 22.4 Å². The van der Waals surface area contributed by atoms with Gasteiger partial charge in [-0.25, -0.2) is 19.0 Å². The van der Waals surface area contributed by atoms with Crippen LogP contribution in [0.5, 0.6) is 0 Å². The number of allylic oxidation sites excluding steroid dienone is 1. The van der Waals surface area contributed by atoms with Crippen LogP contribution >= 0.6 is 0 Å². The number of unbranched alkanes of at least 4 members (excludes halogenated alkanes) is 5. The Kier molecular flexibility index (Phi) is 15.7. The Bertz CT molecular complexity index is 1740. The van der Waals surface area contributed by atoms with Crippen molar-refractivity contribution in [2.45, 2.75) is 103 Å². The van der Waals surface area contributed by atoms with E-state index in [1.54, 1.807) is 75.0 Å². The summed E-state index contributed by atoms with van der Waals surface area (Å²) in [5.74, 6) is -1.52. The van der Waals surface area contributed by atoms with E-state index in [2.05, 4.69) is 32.2 Å². The first-order valence-electron chi connectivity index (χ1n) is 18.5. The summed E-state index contributed by atoms with van der Waals surface area (Å²) in [6, 6.07) is 7.76. The summed E-state index contributed by atoms with van der Waals surface area (Å²) in [5, 5.41) is 10.9. The van der Waals surface area contributed by atoms with Gasteiger partial charge in [0.1, 0.15) is 20.9 Å². The summed E-state index contributed by atoms with van der Waals surface area (Å²) < 4.78 is 69.3. The van der Waals surface area contributed by atoms with Gasteiger partial charge in [0.05, 0.1) is 29.6 Å². The van der Waals surface area contributed by atoms with Gasteiger partial charge in [0, 0.05) is 35.7 Å². The first kappa shape index (κ1) is 42.5. The quantitative estimate of drug-likeness (QED) is 0.0612. The Morgan fingerprint density at radius 2 is 1.78 bits per heavy atom. The number of alkyl halides is 4. The zero-order chi connectivity index (χ0) is 39.3. The van der Waals surface area contributed by atoms with Gasteiger partial charge in [0.25, 0.3) is 0 Å². The molecule has 0 unspecified atom stereocenters. The van der Waals surface area contributed by atoms with Crippen molar-refractivity contribution in [3.8, 4) is 0 Å². The fraction of sp³-hybridized carbons (Fsp3) is 0.538. The monoisotopic (exact) mass is 772 g/mol. The number of aromatic nitrogens is 3. The molecule has 1 amide bonds. The third kappa shape index (κ3) is 13.3. The maximum Gasteiger partial charge on any atom is 0.417 e. The lowest BCUT2D eigenvalue weighted by Crippen LogP contribution is -2.35. The molecule has 1 aromatic carbocycles. The molecular weight excluding hydrogens is 721 g/mol. The summed E-state index contributed by atoms with van der Waals surface area (Å²) >= 11 is 0. The molecule has 2 radical (unpaired) electrons. The highest BCUT2D eigenvalue weighted by Crippen LogP contribution is 2.37. The van der Waals surface area contributed by atoms with Crippen LogP contribution in [0, 0.1) is 0 Å². The molecule has 2 N–H and O–H groups in total. The number of nitrogens with one attached hydrogen (secondary N) is 2. The SMILES string of the molecule is C=C(c1nc(/C=C/CNC(=O)OC(C)(C)C)cc2c(N[C@@H]3CCN(CCCCCCCCn4ccc(C(=O)OCC)n4)C[Si][C@@H]3F)cccc12)C(F)(F)F. The summed E-state index contributed by atoms with van der Waals surface area (Å²) in [4.78, 5) is 30.4. The molecule has 0 saturated carbocycles. The number of carbonyl (C=O) groups is 2. The molecule has 1 fully saturated rings. The van der Waals surface area contributed by atoms with E-state index < -0.39 is 41.2 Å². The van der Waals surface area contributed by atoms with Gasteiger partial charge in [-0.3, -0.25) is 4.68 Å². The molecule has 1 aliphatic rings. The number of hydrogen-bond acceptors (Lipinski definition) is 8. The standard InChI is InChI=1S/C39H52F4N6O4Si/c1-6-52-36(50)33-19-24-49(47-33)22-12-10-8-7-9-11-21-48-23-18-32(35(40)54-26-48)46-31-17-13-16-29-30(31)25-28(45-34(29)27(2)39(41,42)43)15-14-20-44-37(51)53-38(3,4)5/h13-17,19,24-25,32,35,46H,2,6-12,18,20-23,26H2,1,3-5H3,(H,44,51)/b15-14+/t32-,35+/m1/s1. The molecule has 4 rings (SSSR count). The third-order valence-corrected chi connectivity index (χ3v) is 10.2. The normalized spacial score (nSPS) is 17.0. The van der Waals surface area contributed by atoms with Crippen LogP contribution in [0.15, 0.2) is 49.2 Å². The van der Waals surface area contributed by atoms with Crippen molar-refractivity contribution >= 4 is 49.7 Å². The minimum Gasteiger partial charge on any atom is -0.461 e. The van der Waals surface area contributed by atoms with Gasteiger partial charge < -0.3 is 25.0 Å². The Balaban J connectivity index is 1.30. The number of amides is 1. The van der Waals surface area contributed by atoms with Crippen molar-refractivity contribution in [1.82, 2.24) is 25.0 Å². The maximum absolute atomic E-state index is 15.6. The average Bonchev–Trinajstić information content (AvgIpc) is 3.51. The van der Waals surface area contributed by atoms with E-state index in [9.17, 15) is 22.8 Å². The largest absolute Gasteiger partial charge is 0.461 e. The second kappa shape index (κ2) is 19.9. The lowest BCUT2D eigenvalue weighted by molar-refractivity contribution is -0.0688. The number of rotatable bonds is 17. The number of pyridine rings is 1. The van der Waals surface area contributed by atoms with Crippen molar-refractivity contribution < 1.29 is 36.6 Å². The Labute approximate surface area is 317 Å². The van der Waals surface area contributed by atoms with Gasteiger partial charge in [-0.05, 0) is 90.5 Å². The van der Waals surface area contributed by atoms with Crippen LogP contribution in [0.3, 0.4) is 0 Å². The zero-order valence-electron chi connectivity index (χ0n) is 31.6. The zero-order valence-corrected chi connectivity index (χ0v) is 32.6. The van der Waals surface area contributed by atoms with E-state index in [4.69, 9.17) is 9.47 Å².